The highest BCUT2D eigenvalue weighted by atomic mass is 32.2. The predicted molar refractivity (Wildman–Crippen MR) is 58.2 cm³/mol. The number of hydrogen-bond donors (Lipinski definition) is 1. The molecule has 98 valence electrons. The van der Waals surface area contributed by atoms with E-state index >= 15 is 0 Å². The number of alkyl halides is 3. The predicted octanol–water partition coefficient (Wildman–Crippen LogP) is 1.83. The smallest absolute Gasteiger partial charge is 0.272 e. The lowest BCUT2D eigenvalue weighted by molar-refractivity contribution is -0.138. The van der Waals surface area contributed by atoms with Crippen LogP contribution in [0.25, 0.3) is 0 Å². The van der Waals surface area contributed by atoms with Gasteiger partial charge >= 0.3 is 16.4 Å². The van der Waals surface area contributed by atoms with Crippen molar-refractivity contribution in [3.8, 4) is 0 Å². The number of nitrogens with one attached hydrogen (secondary N) is 1. The normalized spacial score (nSPS) is 17.8. The molecule has 1 N–H and O–H groups in total. The van der Waals surface area contributed by atoms with Gasteiger partial charge in [0.25, 0.3) is 0 Å². The molecule has 1 aliphatic rings. The fraction of sp³-hybridized carbons (Fsp3) is 0.200. The van der Waals surface area contributed by atoms with Crippen LogP contribution in [0.2, 0.25) is 0 Å². The molecule has 0 aromatic heterocycles. The van der Waals surface area contributed by atoms with Crippen molar-refractivity contribution in [1.82, 2.24) is 9.03 Å². The Balaban J connectivity index is 2.33. The molecular weight excluding hydrogens is 269 g/mol. The van der Waals surface area contributed by atoms with Crippen LogP contribution in [0.3, 0.4) is 0 Å². The first kappa shape index (κ1) is 12.7. The van der Waals surface area contributed by atoms with Gasteiger partial charge in [0.05, 0.1) is 12.1 Å². The zero-order valence-corrected chi connectivity index (χ0v) is 9.79. The molecule has 0 amide bonds. The minimum Gasteiger partial charge on any atom is -0.272 e. The van der Waals surface area contributed by atoms with Gasteiger partial charge in [-0.2, -0.15) is 21.6 Å². The SMILES string of the molecule is O=S1(=O)NC=CN1Cc1ccccc1C(F)(F)F. The Morgan fingerprint density at radius 1 is 1.22 bits per heavy atom. The first-order valence-corrected chi connectivity index (χ1v) is 6.35. The summed E-state index contributed by atoms with van der Waals surface area (Å²) >= 11 is 0. The van der Waals surface area contributed by atoms with E-state index in [1.165, 1.54) is 24.4 Å². The van der Waals surface area contributed by atoms with E-state index in [0.29, 0.717) is 0 Å². The molecule has 2 rings (SSSR count). The maximum atomic E-state index is 12.7. The summed E-state index contributed by atoms with van der Waals surface area (Å²) in [6, 6.07) is 4.88. The summed E-state index contributed by atoms with van der Waals surface area (Å²) in [6.45, 7) is -0.360. The van der Waals surface area contributed by atoms with Crippen molar-refractivity contribution < 1.29 is 21.6 Å². The molecule has 0 fully saturated rings. The third-order valence-electron chi connectivity index (χ3n) is 2.42. The quantitative estimate of drug-likeness (QED) is 0.897. The molecule has 0 saturated carbocycles. The third kappa shape index (κ3) is 2.42. The summed E-state index contributed by atoms with van der Waals surface area (Å²) in [7, 11) is -3.74. The molecule has 0 atom stereocenters. The zero-order valence-electron chi connectivity index (χ0n) is 8.98. The summed E-state index contributed by atoms with van der Waals surface area (Å²) in [5.41, 5.74) is -0.928. The van der Waals surface area contributed by atoms with Crippen molar-refractivity contribution in [2.24, 2.45) is 0 Å². The largest absolute Gasteiger partial charge is 0.416 e. The highest BCUT2D eigenvalue weighted by molar-refractivity contribution is 7.87. The molecular formula is C10H9F3N2O2S. The highest BCUT2D eigenvalue weighted by Crippen LogP contribution is 2.32. The lowest BCUT2D eigenvalue weighted by Gasteiger charge is -2.18. The van der Waals surface area contributed by atoms with Gasteiger partial charge in [-0.25, -0.2) is 0 Å². The van der Waals surface area contributed by atoms with Crippen LogP contribution in [0, 0.1) is 0 Å². The molecule has 1 aromatic carbocycles. The van der Waals surface area contributed by atoms with Gasteiger partial charge in [0, 0.05) is 12.4 Å². The maximum Gasteiger partial charge on any atom is 0.416 e. The second kappa shape index (κ2) is 4.20. The number of halogens is 3. The second-order valence-electron chi connectivity index (χ2n) is 3.64. The number of rotatable bonds is 2. The van der Waals surface area contributed by atoms with Crippen LogP contribution in [-0.2, 0) is 22.9 Å². The van der Waals surface area contributed by atoms with Gasteiger partial charge in [-0.05, 0) is 11.6 Å². The van der Waals surface area contributed by atoms with Crippen LogP contribution in [-0.4, -0.2) is 12.7 Å². The summed E-state index contributed by atoms with van der Waals surface area (Å²) in [5.74, 6) is 0. The van der Waals surface area contributed by atoms with Crippen molar-refractivity contribution in [3.63, 3.8) is 0 Å². The summed E-state index contributed by atoms with van der Waals surface area (Å²) < 4.78 is 63.8. The molecule has 0 bridgehead atoms. The van der Waals surface area contributed by atoms with Crippen LogP contribution in [0.1, 0.15) is 11.1 Å². The lowest BCUT2D eigenvalue weighted by atomic mass is 10.1. The molecule has 1 aromatic rings. The summed E-state index contributed by atoms with van der Waals surface area (Å²) in [5, 5.41) is 0. The van der Waals surface area contributed by atoms with Gasteiger partial charge in [0.1, 0.15) is 0 Å². The number of benzene rings is 1. The van der Waals surface area contributed by atoms with Crippen molar-refractivity contribution in [1.29, 1.82) is 0 Å². The van der Waals surface area contributed by atoms with E-state index in [4.69, 9.17) is 0 Å². The standard InChI is InChI=1S/C10H9F3N2O2S/c11-10(12,13)9-4-2-1-3-8(9)7-15-6-5-14-18(15,16)17/h1-6,14H,7H2. The van der Waals surface area contributed by atoms with Gasteiger partial charge in [-0.3, -0.25) is 9.03 Å². The Morgan fingerprint density at radius 3 is 2.44 bits per heavy atom. The van der Waals surface area contributed by atoms with E-state index in [1.807, 2.05) is 0 Å². The van der Waals surface area contributed by atoms with E-state index in [2.05, 4.69) is 4.72 Å². The maximum absolute atomic E-state index is 12.7. The fourth-order valence-corrected chi connectivity index (χ4v) is 2.49. The number of nitrogens with zero attached hydrogens (tertiary/aromatic N) is 1. The topological polar surface area (TPSA) is 49.4 Å². The van der Waals surface area contributed by atoms with Crippen molar-refractivity contribution in [2.75, 3.05) is 0 Å². The van der Waals surface area contributed by atoms with Crippen LogP contribution in [0.4, 0.5) is 13.2 Å². The van der Waals surface area contributed by atoms with Gasteiger partial charge < -0.3 is 0 Å². The van der Waals surface area contributed by atoms with E-state index in [1.54, 1.807) is 0 Å². The Bertz CT molecular complexity index is 581. The average molecular weight is 278 g/mol. The fourth-order valence-electron chi connectivity index (χ4n) is 1.59. The van der Waals surface area contributed by atoms with Crippen LogP contribution >= 0.6 is 0 Å². The molecule has 0 unspecified atom stereocenters. The minimum absolute atomic E-state index is 0.0954. The highest BCUT2D eigenvalue weighted by Gasteiger charge is 2.34. The monoisotopic (exact) mass is 278 g/mol. The Morgan fingerprint density at radius 2 is 1.89 bits per heavy atom. The van der Waals surface area contributed by atoms with E-state index in [-0.39, 0.29) is 12.1 Å². The molecule has 0 radical (unpaired) electrons. The van der Waals surface area contributed by atoms with Gasteiger partial charge in [0.2, 0.25) is 0 Å². The van der Waals surface area contributed by atoms with E-state index in [0.717, 1.165) is 16.6 Å². The number of hydrogen-bond acceptors (Lipinski definition) is 2. The van der Waals surface area contributed by atoms with Gasteiger partial charge in [-0.15, -0.1) is 0 Å². The Labute approximate surface area is 102 Å². The first-order valence-electron chi connectivity index (χ1n) is 4.91. The molecule has 8 heteroatoms. The van der Waals surface area contributed by atoms with E-state index < -0.39 is 21.9 Å². The Hall–Kier alpha value is -1.70. The van der Waals surface area contributed by atoms with Gasteiger partial charge in [-0.1, -0.05) is 18.2 Å². The molecule has 1 aliphatic heterocycles. The molecule has 0 aliphatic carbocycles. The molecule has 1 heterocycles. The van der Waals surface area contributed by atoms with Crippen molar-refractivity contribution in [2.45, 2.75) is 12.7 Å². The molecule has 18 heavy (non-hydrogen) atoms. The van der Waals surface area contributed by atoms with Crippen molar-refractivity contribution in [3.05, 3.63) is 47.8 Å². The molecule has 4 nitrogen and oxygen atoms in total. The first-order chi connectivity index (χ1) is 8.31. The summed E-state index contributed by atoms with van der Waals surface area (Å²) in [4.78, 5) is 0. The van der Waals surface area contributed by atoms with Crippen LogP contribution < -0.4 is 4.72 Å². The van der Waals surface area contributed by atoms with Crippen LogP contribution in [0.5, 0.6) is 0 Å². The zero-order chi connectivity index (χ0) is 13.4. The van der Waals surface area contributed by atoms with Gasteiger partial charge in [0.15, 0.2) is 0 Å². The molecule has 0 spiro atoms. The minimum atomic E-state index is -4.50. The third-order valence-corrected chi connectivity index (χ3v) is 3.72. The molecule has 0 saturated heterocycles. The average Bonchev–Trinajstić information content (AvgIpc) is 2.58. The summed E-state index contributed by atoms with van der Waals surface area (Å²) in [6.07, 6.45) is -2.16. The second-order valence-corrected chi connectivity index (χ2v) is 5.29. The Kier molecular flexibility index (Phi) is 2.97. The van der Waals surface area contributed by atoms with Crippen molar-refractivity contribution >= 4 is 10.2 Å². The lowest BCUT2D eigenvalue weighted by Crippen LogP contribution is -2.29. The van der Waals surface area contributed by atoms with Crippen LogP contribution in [0.15, 0.2) is 36.7 Å². The van der Waals surface area contributed by atoms with E-state index in [9.17, 15) is 21.6 Å².